The van der Waals surface area contributed by atoms with E-state index in [4.69, 9.17) is 18.8 Å². The maximum Gasteiger partial charge on any atom is 0.180 e. The van der Waals surface area contributed by atoms with Crippen LogP contribution in [0.25, 0.3) is 88.6 Å². The van der Waals surface area contributed by atoms with Gasteiger partial charge < -0.3 is 8.83 Å². The van der Waals surface area contributed by atoms with E-state index in [1.54, 1.807) is 6.33 Å². The minimum atomic E-state index is 0.672. The van der Waals surface area contributed by atoms with Gasteiger partial charge in [0.15, 0.2) is 5.58 Å². The number of hydrogen-bond donors (Lipinski definition) is 0. The van der Waals surface area contributed by atoms with Gasteiger partial charge in [-0.15, -0.1) is 0 Å². The standard InChI is InChI=1S/C40H24N2O2/c1-3-9-25(10-4-1)26-15-17-27(18-16-26)29-19-20-36-34(21-29)38-40(44-36)37(41-24-42-38)30-22-32(28-11-5-2-6-12-28)39-33(23-30)31-13-7-8-14-35(31)43-39/h1-24H. The molecule has 0 fully saturated rings. The van der Waals surface area contributed by atoms with Gasteiger partial charge in [-0.1, -0.05) is 109 Å². The summed E-state index contributed by atoms with van der Waals surface area (Å²) in [6.07, 6.45) is 1.63. The number of rotatable bonds is 4. The summed E-state index contributed by atoms with van der Waals surface area (Å²) in [5.74, 6) is 0. The van der Waals surface area contributed by atoms with E-state index in [9.17, 15) is 0 Å². The van der Waals surface area contributed by atoms with Crippen LogP contribution in [-0.4, -0.2) is 9.97 Å². The van der Waals surface area contributed by atoms with Gasteiger partial charge in [0.2, 0.25) is 0 Å². The van der Waals surface area contributed by atoms with Gasteiger partial charge in [-0.25, -0.2) is 9.97 Å². The fourth-order valence-corrected chi connectivity index (χ4v) is 6.24. The van der Waals surface area contributed by atoms with E-state index in [1.807, 2.05) is 48.5 Å². The third kappa shape index (κ3) is 3.92. The van der Waals surface area contributed by atoms with Crippen LogP contribution in [0.1, 0.15) is 0 Å². The van der Waals surface area contributed by atoms with Crippen LogP contribution < -0.4 is 0 Å². The van der Waals surface area contributed by atoms with Crippen LogP contribution in [-0.2, 0) is 0 Å². The molecule has 4 nitrogen and oxygen atoms in total. The Balaban J connectivity index is 1.20. The van der Waals surface area contributed by atoms with Crippen molar-refractivity contribution in [2.45, 2.75) is 0 Å². The maximum absolute atomic E-state index is 6.48. The minimum absolute atomic E-state index is 0.672. The topological polar surface area (TPSA) is 52.1 Å². The highest BCUT2D eigenvalue weighted by molar-refractivity contribution is 6.13. The summed E-state index contributed by atoms with van der Waals surface area (Å²) in [6, 6.07) is 48.2. The molecule has 0 saturated carbocycles. The first-order chi connectivity index (χ1) is 21.8. The van der Waals surface area contributed by atoms with E-state index in [2.05, 4.69) is 91.0 Å². The van der Waals surface area contributed by atoms with Crippen LogP contribution in [0.15, 0.2) is 155 Å². The number of fused-ring (bicyclic) bond motifs is 6. The lowest BCUT2D eigenvalue weighted by atomic mass is 9.97. The first kappa shape index (κ1) is 24.6. The minimum Gasteiger partial charge on any atom is -0.455 e. The zero-order chi connectivity index (χ0) is 29.0. The molecule has 206 valence electrons. The molecule has 3 heterocycles. The predicted molar refractivity (Wildman–Crippen MR) is 178 cm³/mol. The molecule has 3 aromatic heterocycles. The maximum atomic E-state index is 6.48. The molecule has 0 radical (unpaired) electrons. The summed E-state index contributed by atoms with van der Waals surface area (Å²) in [7, 11) is 0. The summed E-state index contributed by atoms with van der Waals surface area (Å²) in [5.41, 5.74) is 12.4. The fourth-order valence-electron chi connectivity index (χ4n) is 6.24. The molecule has 6 aromatic carbocycles. The molecular weight excluding hydrogens is 540 g/mol. The van der Waals surface area contributed by atoms with Gasteiger partial charge in [-0.05, 0) is 58.1 Å². The molecule has 0 bridgehead atoms. The van der Waals surface area contributed by atoms with Crippen molar-refractivity contribution in [3.63, 3.8) is 0 Å². The average molecular weight is 565 g/mol. The lowest BCUT2D eigenvalue weighted by molar-refractivity contribution is 0.666. The summed E-state index contributed by atoms with van der Waals surface area (Å²) in [5, 5.41) is 3.08. The van der Waals surface area contributed by atoms with Gasteiger partial charge in [0.1, 0.15) is 34.3 Å². The van der Waals surface area contributed by atoms with Crippen LogP contribution in [0.2, 0.25) is 0 Å². The van der Waals surface area contributed by atoms with Gasteiger partial charge in [0.05, 0.1) is 0 Å². The Kier molecular flexibility index (Phi) is 5.47. The van der Waals surface area contributed by atoms with Gasteiger partial charge in [-0.3, -0.25) is 0 Å². The van der Waals surface area contributed by atoms with Crippen molar-refractivity contribution < 1.29 is 8.83 Å². The Morgan fingerprint density at radius 1 is 0.386 bits per heavy atom. The molecule has 0 saturated heterocycles. The molecule has 0 aliphatic rings. The van der Waals surface area contributed by atoms with Gasteiger partial charge in [0, 0.05) is 27.3 Å². The largest absolute Gasteiger partial charge is 0.455 e. The number of hydrogen-bond acceptors (Lipinski definition) is 4. The Morgan fingerprint density at radius 2 is 0.977 bits per heavy atom. The second-order valence-electron chi connectivity index (χ2n) is 11.0. The predicted octanol–water partition coefficient (Wildman–Crippen LogP) is 10.9. The van der Waals surface area contributed by atoms with Crippen LogP contribution in [0.4, 0.5) is 0 Å². The fraction of sp³-hybridized carbons (Fsp3) is 0. The van der Waals surface area contributed by atoms with E-state index in [0.717, 1.165) is 71.9 Å². The first-order valence-electron chi connectivity index (χ1n) is 14.6. The number of para-hydroxylation sites is 1. The Labute approximate surface area is 252 Å². The van der Waals surface area contributed by atoms with Gasteiger partial charge in [0.25, 0.3) is 0 Å². The lowest BCUT2D eigenvalue weighted by Gasteiger charge is -2.07. The molecule has 9 aromatic rings. The Morgan fingerprint density at radius 3 is 1.77 bits per heavy atom. The van der Waals surface area contributed by atoms with Crippen LogP contribution in [0.3, 0.4) is 0 Å². The van der Waals surface area contributed by atoms with Crippen molar-refractivity contribution in [3.8, 4) is 44.6 Å². The van der Waals surface area contributed by atoms with Gasteiger partial charge >= 0.3 is 0 Å². The Bertz CT molecular complexity index is 2470. The molecule has 0 N–H and O–H groups in total. The molecule has 0 atom stereocenters. The molecule has 0 unspecified atom stereocenters. The second kappa shape index (κ2) is 9.79. The smallest absolute Gasteiger partial charge is 0.180 e. The van der Waals surface area contributed by atoms with Crippen molar-refractivity contribution in [1.29, 1.82) is 0 Å². The average Bonchev–Trinajstić information content (AvgIpc) is 3.67. The third-order valence-electron chi connectivity index (χ3n) is 8.41. The molecule has 44 heavy (non-hydrogen) atoms. The molecule has 0 aliphatic carbocycles. The summed E-state index contributed by atoms with van der Waals surface area (Å²) < 4.78 is 12.9. The van der Waals surface area contributed by atoms with E-state index in [1.165, 1.54) is 11.1 Å². The van der Waals surface area contributed by atoms with Crippen LogP contribution >= 0.6 is 0 Å². The SMILES string of the molecule is c1ccc(-c2ccc(-c3ccc4oc5c(-c6cc(-c7ccccc7)c7oc8ccccc8c7c6)ncnc5c4c3)cc2)cc1. The molecule has 0 spiro atoms. The van der Waals surface area contributed by atoms with E-state index < -0.39 is 0 Å². The van der Waals surface area contributed by atoms with Crippen LogP contribution in [0.5, 0.6) is 0 Å². The summed E-state index contributed by atoms with van der Waals surface area (Å²) >= 11 is 0. The molecule has 0 amide bonds. The highest BCUT2D eigenvalue weighted by atomic mass is 16.3. The summed E-state index contributed by atoms with van der Waals surface area (Å²) in [6.45, 7) is 0. The number of benzene rings is 6. The van der Waals surface area contributed by atoms with Crippen molar-refractivity contribution >= 4 is 44.0 Å². The Hall–Kier alpha value is -6.00. The van der Waals surface area contributed by atoms with Crippen molar-refractivity contribution in [1.82, 2.24) is 9.97 Å². The van der Waals surface area contributed by atoms with Crippen LogP contribution in [0, 0.1) is 0 Å². The summed E-state index contributed by atoms with van der Waals surface area (Å²) in [4.78, 5) is 9.47. The molecule has 0 aliphatic heterocycles. The van der Waals surface area contributed by atoms with Crippen molar-refractivity contribution in [2.75, 3.05) is 0 Å². The van der Waals surface area contributed by atoms with E-state index >= 15 is 0 Å². The second-order valence-corrected chi connectivity index (χ2v) is 11.0. The number of furan rings is 2. The molecular formula is C40H24N2O2. The molecule has 9 rings (SSSR count). The zero-order valence-corrected chi connectivity index (χ0v) is 23.6. The third-order valence-corrected chi connectivity index (χ3v) is 8.41. The monoisotopic (exact) mass is 564 g/mol. The molecule has 4 heteroatoms. The van der Waals surface area contributed by atoms with Gasteiger partial charge in [-0.2, -0.15) is 0 Å². The highest BCUT2D eigenvalue weighted by Gasteiger charge is 2.20. The lowest BCUT2D eigenvalue weighted by Crippen LogP contribution is -1.89. The van der Waals surface area contributed by atoms with Crippen molar-refractivity contribution in [2.24, 2.45) is 0 Å². The quantitative estimate of drug-likeness (QED) is 0.213. The highest BCUT2D eigenvalue weighted by Crippen LogP contribution is 2.41. The van der Waals surface area contributed by atoms with E-state index in [-0.39, 0.29) is 0 Å². The van der Waals surface area contributed by atoms with Crippen molar-refractivity contribution in [3.05, 3.63) is 146 Å². The number of nitrogens with zero attached hydrogens (tertiary/aromatic N) is 2. The normalized spacial score (nSPS) is 11.6. The number of aromatic nitrogens is 2. The first-order valence-corrected chi connectivity index (χ1v) is 14.6. The van der Waals surface area contributed by atoms with E-state index in [0.29, 0.717) is 5.58 Å². The zero-order valence-electron chi connectivity index (χ0n) is 23.6.